The predicted molar refractivity (Wildman–Crippen MR) is 126 cm³/mol. The van der Waals surface area contributed by atoms with E-state index in [9.17, 15) is 4.79 Å². The van der Waals surface area contributed by atoms with Gasteiger partial charge in [-0.05, 0) is 43.3 Å². The summed E-state index contributed by atoms with van der Waals surface area (Å²) in [5.41, 5.74) is 4.28. The summed E-state index contributed by atoms with van der Waals surface area (Å²) in [7, 11) is 3.56. The zero-order chi connectivity index (χ0) is 22.2. The summed E-state index contributed by atoms with van der Waals surface area (Å²) in [6, 6.07) is 14.0. The zero-order valence-electron chi connectivity index (χ0n) is 18.5. The molecule has 0 spiro atoms. The maximum absolute atomic E-state index is 14.1. The summed E-state index contributed by atoms with van der Waals surface area (Å²) in [6.07, 6.45) is 2.26. The highest BCUT2D eigenvalue weighted by Crippen LogP contribution is 2.40. The molecule has 5 rings (SSSR count). The minimum atomic E-state index is -0.00490. The highest BCUT2D eigenvalue weighted by atomic mass is 32.1. The highest BCUT2D eigenvalue weighted by Gasteiger charge is 2.30. The van der Waals surface area contributed by atoms with Gasteiger partial charge in [-0.2, -0.15) is 5.10 Å². The van der Waals surface area contributed by atoms with Crippen molar-refractivity contribution < 1.29 is 9.53 Å². The first-order valence-corrected chi connectivity index (χ1v) is 11.7. The summed E-state index contributed by atoms with van der Waals surface area (Å²) in [5.74, 6) is 1.23. The van der Waals surface area contributed by atoms with E-state index >= 15 is 0 Å². The lowest BCUT2D eigenvalue weighted by molar-refractivity contribution is 0.0732. The Bertz CT molecular complexity index is 1270. The van der Waals surface area contributed by atoms with Crippen molar-refractivity contribution in [3.8, 4) is 5.75 Å². The number of aromatic nitrogens is 3. The molecule has 4 aromatic rings. The molecule has 7 heteroatoms. The first kappa shape index (κ1) is 20.7. The van der Waals surface area contributed by atoms with E-state index in [1.807, 2.05) is 60.6 Å². The molecule has 32 heavy (non-hydrogen) atoms. The van der Waals surface area contributed by atoms with Gasteiger partial charge in [-0.15, -0.1) is 11.3 Å². The number of rotatable bonds is 7. The smallest absolute Gasteiger partial charge is 0.255 e. The molecule has 0 aliphatic heterocycles. The number of thiophene rings is 1. The van der Waals surface area contributed by atoms with Crippen LogP contribution in [0.15, 0.2) is 47.8 Å². The van der Waals surface area contributed by atoms with E-state index in [0.717, 1.165) is 51.5 Å². The third kappa shape index (κ3) is 3.88. The molecule has 3 heterocycles. The van der Waals surface area contributed by atoms with E-state index in [-0.39, 0.29) is 5.91 Å². The van der Waals surface area contributed by atoms with Gasteiger partial charge >= 0.3 is 0 Å². The largest absolute Gasteiger partial charge is 0.496 e. The van der Waals surface area contributed by atoms with Crippen molar-refractivity contribution in [2.24, 2.45) is 7.05 Å². The summed E-state index contributed by atoms with van der Waals surface area (Å²) < 4.78 is 7.35. The van der Waals surface area contributed by atoms with Gasteiger partial charge in [0.2, 0.25) is 0 Å². The molecule has 0 atom stereocenters. The van der Waals surface area contributed by atoms with Gasteiger partial charge in [0.25, 0.3) is 5.91 Å². The molecule has 164 valence electrons. The molecule has 1 aromatic carbocycles. The second-order valence-electron chi connectivity index (χ2n) is 8.33. The molecule has 1 fully saturated rings. The van der Waals surface area contributed by atoms with Crippen molar-refractivity contribution in [1.82, 2.24) is 19.7 Å². The normalized spacial score (nSPS) is 13.5. The second-order valence-corrected chi connectivity index (χ2v) is 9.36. The predicted octanol–water partition coefficient (Wildman–Crippen LogP) is 5.07. The number of para-hydroxylation sites is 1. The maximum atomic E-state index is 14.1. The van der Waals surface area contributed by atoms with Crippen LogP contribution in [0, 0.1) is 6.92 Å². The average Bonchev–Trinajstić information content (AvgIpc) is 3.46. The van der Waals surface area contributed by atoms with Crippen LogP contribution in [0.2, 0.25) is 0 Å². The number of hydrogen-bond acceptors (Lipinski definition) is 5. The van der Waals surface area contributed by atoms with Crippen molar-refractivity contribution >= 4 is 28.3 Å². The average molecular weight is 447 g/mol. The Morgan fingerprint density at radius 3 is 2.75 bits per heavy atom. The fourth-order valence-electron chi connectivity index (χ4n) is 4.22. The quantitative estimate of drug-likeness (QED) is 0.398. The van der Waals surface area contributed by atoms with E-state index in [2.05, 4.69) is 11.2 Å². The Morgan fingerprint density at radius 2 is 2.03 bits per heavy atom. The van der Waals surface area contributed by atoms with Gasteiger partial charge in [0, 0.05) is 29.1 Å². The van der Waals surface area contributed by atoms with Gasteiger partial charge < -0.3 is 9.64 Å². The number of carbonyl (C=O) groups excluding carboxylic acids is 1. The minimum absolute atomic E-state index is 0.00490. The topological polar surface area (TPSA) is 60.2 Å². The molecule has 1 aliphatic carbocycles. The maximum Gasteiger partial charge on any atom is 0.255 e. The zero-order valence-corrected chi connectivity index (χ0v) is 19.4. The fraction of sp³-hybridized carbons (Fsp3) is 0.320. The van der Waals surface area contributed by atoms with Crippen LogP contribution in [-0.4, -0.2) is 32.7 Å². The van der Waals surface area contributed by atoms with E-state index in [1.54, 1.807) is 23.1 Å². The summed E-state index contributed by atoms with van der Waals surface area (Å²) in [4.78, 5) is 22.0. The van der Waals surface area contributed by atoms with Gasteiger partial charge in [0.05, 0.1) is 36.8 Å². The Labute approximate surface area is 191 Å². The van der Waals surface area contributed by atoms with Crippen LogP contribution in [0.3, 0.4) is 0 Å². The van der Waals surface area contributed by atoms with E-state index in [4.69, 9.17) is 9.72 Å². The van der Waals surface area contributed by atoms with Crippen molar-refractivity contribution in [3.05, 3.63) is 75.2 Å². The summed E-state index contributed by atoms with van der Waals surface area (Å²) >= 11 is 1.66. The van der Waals surface area contributed by atoms with Crippen LogP contribution >= 0.6 is 11.3 Å². The molecule has 0 saturated heterocycles. The number of amides is 1. The van der Waals surface area contributed by atoms with Gasteiger partial charge in [-0.3, -0.25) is 9.48 Å². The van der Waals surface area contributed by atoms with Crippen LogP contribution in [0.1, 0.15) is 50.9 Å². The number of ether oxygens (including phenoxy) is 1. The van der Waals surface area contributed by atoms with Crippen molar-refractivity contribution in [3.63, 3.8) is 0 Å². The third-order valence-electron chi connectivity index (χ3n) is 5.98. The van der Waals surface area contributed by atoms with Crippen LogP contribution < -0.4 is 4.74 Å². The molecule has 1 saturated carbocycles. The van der Waals surface area contributed by atoms with Gasteiger partial charge in [-0.25, -0.2) is 4.98 Å². The minimum Gasteiger partial charge on any atom is -0.496 e. The first-order chi connectivity index (χ1) is 15.5. The molecule has 6 nitrogen and oxygen atoms in total. The van der Waals surface area contributed by atoms with E-state index in [0.29, 0.717) is 24.6 Å². The summed E-state index contributed by atoms with van der Waals surface area (Å²) in [6.45, 7) is 2.94. The monoisotopic (exact) mass is 446 g/mol. The van der Waals surface area contributed by atoms with Crippen LogP contribution in [-0.2, 0) is 20.1 Å². The summed E-state index contributed by atoms with van der Waals surface area (Å²) in [5, 5.41) is 7.46. The van der Waals surface area contributed by atoms with Crippen molar-refractivity contribution in [2.75, 3.05) is 7.11 Å². The number of benzene rings is 1. The van der Waals surface area contributed by atoms with E-state index < -0.39 is 0 Å². The number of fused-ring (bicyclic) bond motifs is 1. The fourth-order valence-corrected chi connectivity index (χ4v) is 4.94. The third-order valence-corrected chi connectivity index (χ3v) is 6.84. The standard InChI is InChI=1S/C25H26N4O2S/c1-16-23-20(13-21(17-10-11-17)26-24(23)28(2)27-16)25(30)29(15-19-8-6-12-32-19)14-18-7-4-5-9-22(18)31-3/h4-9,12-13,17H,10-11,14-15H2,1-3H3. The lowest BCUT2D eigenvalue weighted by Crippen LogP contribution is -2.30. The molecule has 1 amide bonds. The highest BCUT2D eigenvalue weighted by molar-refractivity contribution is 7.09. The Kier molecular flexibility index (Phi) is 5.43. The molecule has 0 unspecified atom stereocenters. The van der Waals surface area contributed by atoms with Crippen LogP contribution in [0.25, 0.3) is 11.0 Å². The number of pyridine rings is 1. The molecule has 0 bridgehead atoms. The number of methoxy groups -OCH3 is 1. The second kappa shape index (κ2) is 8.39. The first-order valence-electron chi connectivity index (χ1n) is 10.8. The lowest BCUT2D eigenvalue weighted by atomic mass is 10.1. The molecule has 0 radical (unpaired) electrons. The molecular formula is C25H26N4O2S. The van der Waals surface area contributed by atoms with Gasteiger partial charge in [0.1, 0.15) is 5.75 Å². The number of carbonyl (C=O) groups is 1. The number of nitrogens with zero attached hydrogens (tertiary/aromatic N) is 4. The molecule has 0 N–H and O–H groups in total. The molecule has 3 aromatic heterocycles. The van der Waals surface area contributed by atoms with E-state index in [1.165, 1.54) is 0 Å². The number of aryl methyl sites for hydroxylation is 2. The van der Waals surface area contributed by atoms with Crippen molar-refractivity contribution in [2.45, 2.75) is 38.8 Å². The Morgan fingerprint density at radius 1 is 1.22 bits per heavy atom. The van der Waals surface area contributed by atoms with Gasteiger partial charge in [-0.1, -0.05) is 24.3 Å². The van der Waals surface area contributed by atoms with Crippen LogP contribution in [0.4, 0.5) is 0 Å². The van der Waals surface area contributed by atoms with Crippen LogP contribution in [0.5, 0.6) is 5.75 Å². The molecular weight excluding hydrogens is 420 g/mol. The lowest BCUT2D eigenvalue weighted by Gasteiger charge is -2.24. The Hall–Kier alpha value is -3.19. The number of hydrogen-bond donors (Lipinski definition) is 0. The van der Waals surface area contributed by atoms with Gasteiger partial charge in [0.15, 0.2) is 5.65 Å². The SMILES string of the molecule is COc1ccccc1CN(Cc1cccs1)C(=O)c1cc(C2CC2)nc2c1c(C)nn2C. The molecule has 1 aliphatic rings. The Balaban J connectivity index is 1.60. The van der Waals surface area contributed by atoms with Crippen molar-refractivity contribution in [1.29, 1.82) is 0 Å².